The second kappa shape index (κ2) is 5.31. The van der Waals surface area contributed by atoms with E-state index in [9.17, 15) is 4.79 Å². The Morgan fingerprint density at radius 3 is 2.86 bits per heavy atom. The quantitative estimate of drug-likeness (QED) is 0.682. The summed E-state index contributed by atoms with van der Waals surface area (Å²) in [6, 6.07) is 5.99. The average Bonchev–Trinajstić information content (AvgIpc) is 2.16. The molecule has 0 aliphatic carbocycles. The van der Waals surface area contributed by atoms with Gasteiger partial charge in [-0.05, 0) is 52.8 Å². The van der Waals surface area contributed by atoms with E-state index in [1.165, 1.54) is 3.57 Å². The molecule has 4 heteroatoms. The van der Waals surface area contributed by atoms with Gasteiger partial charge in [0.1, 0.15) is 6.61 Å². The van der Waals surface area contributed by atoms with Gasteiger partial charge < -0.3 is 10.5 Å². The molecule has 0 aliphatic heterocycles. The summed E-state index contributed by atoms with van der Waals surface area (Å²) in [7, 11) is 0. The molecule has 0 bridgehead atoms. The first kappa shape index (κ1) is 11.5. The van der Waals surface area contributed by atoms with Gasteiger partial charge in [0.2, 0.25) is 0 Å². The highest BCUT2D eigenvalue weighted by Gasteiger charge is 2.02. The van der Waals surface area contributed by atoms with Crippen LogP contribution in [0.25, 0.3) is 0 Å². The lowest BCUT2D eigenvalue weighted by molar-refractivity contribution is -0.143. The van der Waals surface area contributed by atoms with E-state index < -0.39 is 0 Å². The Balaban J connectivity index is 2.63. The van der Waals surface area contributed by atoms with Crippen molar-refractivity contribution in [2.75, 3.05) is 6.54 Å². The zero-order valence-corrected chi connectivity index (χ0v) is 10.1. The summed E-state index contributed by atoms with van der Waals surface area (Å²) in [6.07, 6.45) is 0. The van der Waals surface area contributed by atoms with Crippen LogP contribution in [0.4, 0.5) is 0 Å². The van der Waals surface area contributed by atoms with Crippen molar-refractivity contribution < 1.29 is 9.53 Å². The summed E-state index contributed by atoms with van der Waals surface area (Å²) in [6.45, 7) is 2.23. The number of esters is 1. The van der Waals surface area contributed by atoms with Gasteiger partial charge in [-0.2, -0.15) is 0 Å². The molecule has 0 unspecified atom stereocenters. The molecule has 1 aromatic rings. The first-order valence-corrected chi connectivity index (χ1v) is 5.32. The Labute approximate surface area is 96.8 Å². The van der Waals surface area contributed by atoms with E-state index in [0.717, 1.165) is 11.1 Å². The first-order valence-electron chi connectivity index (χ1n) is 4.24. The zero-order valence-electron chi connectivity index (χ0n) is 7.92. The van der Waals surface area contributed by atoms with E-state index >= 15 is 0 Å². The van der Waals surface area contributed by atoms with Crippen LogP contribution in [0, 0.1) is 10.5 Å². The molecule has 1 aromatic carbocycles. The molecule has 0 atom stereocenters. The van der Waals surface area contributed by atoms with E-state index in [1.807, 2.05) is 25.1 Å². The Kier molecular flexibility index (Phi) is 4.34. The van der Waals surface area contributed by atoms with Crippen molar-refractivity contribution in [2.24, 2.45) is 5.73 Å². The van der Waals surface area contributed by atoms with Gasteiger partial charge in [-0.3, -0.25) is 4.79 Å². The lowest BCUT2D eigenvalue weighted by Crippen LogP contribution is -2.16. The molecule has 0 fully saturated rings. The van der Waals surface area contributed by atoms with Gasteiger partial charge in [-0.1, -0.05) is 6.07 Å². The summed E-state index contributed by atoms with van der Waals surface area (Å²) < 4.78 is 6.11. The molecule has 0 spiro atoms. The van der Waals surface area contributed by atoms with Gasteiger partial charge in [0.15, 0.2) is 0 Å². The fraction of sp³-hybridized carbons (Fsp3) is 0.300. The number of halogens is 1. The third kappa shape index (κ3) is 3.26. The predicted molar refractivity (Wildman–Crippen MR) is 62.7 cm³/mol. The van der Waals surface area contributed by atoms with Crippen LogP contribution in [0.2, 0.25) is 0 Å². The van der Waals surface area contributed by atoms with Gasteiger partial charge in [0, 0.05) is 3.57 Å². The van der Waals surface area contributed by atoms with Crippen molar-refractivity contribution in [1.29, 1.82) is 0 Å². The third-order valence-corrected chi connectivity index (χ3v) is 2.53. The molecule has 1 rings (SSSR count). The van der Waals surface area contributed by atoms with Crippen molar-refractivity contribution in [2.45, 2.75) is 13.5 Å². The van der Waals surface area contributed by atoms with Gasteiger partial charge >= 0.3 is 5.97 Å². The lowest BCUT2D eigenvalue weighted by atomic mass is 10.1. The predicted octanol–water partition coefficient (Wildman–Crippen LogP) is 1.60. The van der Waals surface area contributed by atoms with Crippen LogP contribution >= 0.6 is 22.6 Å². The Morgan fingerprint density at radius 2 is 2.29 bits per heavy atom. The van der Waals surface area contributed by atoms with Gasteiger partial charge in [0.25, 0.3) is 0 Å². The van der Waals surface area contributed by atoms with Crippen molar-refractivity contribution >= 4 is 28.6 Å². The van der Waals surface area contributed by atoms with E-state index in [1.54, 1.807) is 0 Å². The highest BCUT2D eigenvalue weighted by molar-refractivity contribution is 14.1. The number of hydrogen-bond acceptors (Lipinski definition) is 3. The Bertz CT molecular complexity index is 339. The van der Waals surface area contributed by atoms with Crippen LogP contribution in [-0.2, 0) is 16.1 Å². The van der Waals surface area contributed by atoms with Crippen molar-refractivity contribution in [3.05, 3.63) is 32.9 Å². The maximum atomic E-state index is 10.8. The van der Waals surface area contributed by atoms with E-state index in [4.69, 9.17) is 10.5 Å². The molecule has 76 valence electrons. The Morgan fingerprint density at radius 1 is 1.57 bits per heavy atom. The summed E-state index contributed by atoms with van der Waals surface area (Å²) in [5.74, 6) is -0.372. The standard InChI is InChI=1S/C10H12INO2/c1-7-4-9(11)3-2-8(7)6-14-10(13)5-12/h2-4H,5-6,12H2,1H3. The van der Waals surface area contributed by atoms with Gasteiger partial charge in [-0.25, -0.2) is 0 Å². The summed E-state index contributed by atoms with van der Waals surface area (Å²) in [4.78, 5) is 10.8. The minimum absolute atomic E-state index is 0.0661. The monoisotopic (exact) mass is 305 g/mol. The number of carbonyl (C=O) groups excluding carboxylic acids is 1. The second-order valence-corrected chi connectivity index (χ2v) is 4.18. The molecular formula is C10H12INO2. The summed E-state index contributed by atoms with van der Waals surface area (Å²) in [5, 5.41) is 0. The topological polar surface area (TPSA) is 52.3 Å². The SMILES string of the molecule is Cc1cc(I)ccc1COC(=O)CN. The number of nitrogens with two attached hydrogens (primary N) is 1. The number of carbonyl (C=O) groups is 1. The van der Waals surface area contributed by atoms with E-state index in [2.05, 4.69) is 22.6 Å². The molecular weight excluding hydrogens is 293 g/mol. The van der Waals surface area contributed by atoms with Crippen molar-refractivity contribution in [3.63, 3.8) is 0 Å². The number of rotatable bonds is 3. The summed E-state index contributed by atoms with van der Waals surface area (Å²) in [5.41, 5.74) is 7.27. The van der Waals surface area contributed by atoms with Crippen molar-refractivity contribution in [1.82, 2.24) is 0 Å². The largest absolute Gasteiger partial charge is 0.460 e. The smallest absolute Gasteiger partial charge is 0.320 e. The lowest BCUT2D eigenvalue weighted by Gasteiger charge is -2.06. The molecule has 0 saturated heterocycles. The zero-order chi connectivity index (χ0) is 10.6. The molecule has 0 aliphatic rings. The highest BCUT2D eigenvalue weighted by Crippen LogP contribution is 2.13. The number of hydrogen-bond donors (Lipinski definition) is 1. The van der Waals surface area contributed by atoms with E-state index in [-0.39, 0.29) is 12.5 Å². The fourth-order valence-electron chi connectivity index (χ4n) is 1.04. The minimum atomic E-state index is -0.372. The van der Waals surface area contributed by atoms with Gasteiger partial charge in [0.05, 0.1) is 6.54 Å². The van der Waals surface area contributed by atoms with Crippen LogP contribution in [0.1, 0.15) is 11.1 Å². The Hall–Kier alpha value is -0.620. The molecule has 2 N–H and O–H groups in total. The average molecular weight is 305 g/mol. The van der Waals surface area contributed by atoms with Crippen LogP contribution in [0.5, 0.6) is 0 Å². The molecule has 0 radical (unpaired) electrons. The second-order valence-electron chi connectivity index (χ2n) is 2.94. The number of benzene rings is 1. The fourth-order valence-corrected chi connectivity index (χ4v) is 1.69. The minimum Gasteiger partial charge on any atom is -0.460 e. The molecule has 0 aromatic heterocycles. The maximum Gasteiger partial charge on any atom is 0.320 e. The van der Waals surface area contributed by atoms with Crippen molar-refractivity contribution in [3.8, 4) is 0 Å². The molecule has 14 heavy (non-hydrogen) atoms. The summed E-state index contributed by atoms with van der Waals surface area (Å²) >= 11 is 2.24. The number of ether oxygens (including phenoxy) is 1. The normalized spacial score (nSPS) is 9.93. The van der Waals surface area contributed by atoms with Gasteiger partial charge in [-0.15, -0.1) is 0 Å². The van der Waals surface area contributed by atoms with E-state index in [0.29, 0.717) is 6.61 Å². The molecule has 0 amide bonds. The molecule has 0 saturated carbocycles. The highest BCUT2D eigenvalue weighted by atomic mass is 127. The first-order chi connectivity index (χ1) is 6.63. The third-order valence-electron chi connectivity index (χ3n) is 1.86. The molecule has 3 nitrogen and oxygen atoms in total. The maximum absolute atomic E-state index is 10.8. The van der Waals surface area contributed by atoms with Crippen LogP contribution < -0.4 is 5.73 Å². The van der Waals surface area contributed by atoms with Crippen LogP contribution in [-0.4, -0.2) is 12.5 Å². The van der Waals surface area contributed by atoms with Crippen LogP contribution in [0.15, 0.2) is 18.2 Å². The number of aryl methyl sites for hydroxylation is 1. The van der Waals surface area contributed by atoms with Crippen LogP contribution in [0.3, 0.4) is 0 Å². The molecule has 0 heterocycles.